The second kappa shape index (κ2) is 6.15. The summed E-state index contributed by atoms with van der Waals surface area (Å²) in [5, 5.41) is 3.20. The number of sulfonamides is 1. The lowest BCUT2D eigenvalue weighted by Crippen LogP contribution is -2.22. The molecule has 0 saturated carbocycles. The molecule has 0 unspecified atom stereocenters. The highest BCUT2D eigenvalue weighted by Gasteiger charge is 2.17. The fraction of sp³-hybridized carbons (Fsp3) is 0.200. The number of benzene rings is 2. The Hall–Kier alpha value is -2.05. The SMILES string of the molecule is CN(C)S(=O)(=O)c1ccc(NCc2ccccc2)c(N)c1. The number of hydrogen-bond acceptors (Lipinski definition) is 4. The monoisotopic (exact) mass is 305 g/mol. The number of rotatable bonds is 5. The zero-order valence-corrected chi connectivity index (χ0v) is 12.9. The lowest BCUT2D eigenvalue weighted by Gasteiger charge is -2.14. The van der Waals surface area contributed by atoms with Crippen LogP contribution >= 0.6 is 0 Å². The molecule has 2 rings (SSSR count). The van der Waals surface area contributed by atoms with Crippen molar-refractivity contribution in [3.63, 3.8) is 0 Å². The van der Waals surface area contributed by atoms with Crippen molar-refractivity contribution < 1.29 is 8.42 Å². The number of nitrogen functional groups attached to an aromatic ring is 1. The highest BCUT2D eigenvalue weighted by atomic mass is 32.2. The van der Waals surface area contributed by atoms with Gasteiger partial charge in [0.1, 0.15) is 0 Å². The molecule has 2 aromatic rings. The van der Waals surface area contributed by atoms with E-state index in [1.807, 2.05) is 30.3 Å². The second-order valence-corrected chi connectivity index (χ2v) is 7.03. The van der Waals surface area contributed by atoms with E-state index in [0.717, 1.165) is 11.3 Å². The first-order valence-electron chi connectivity index (χ1n) is 6.51. The molecular formula is C15H19N3O2S. The average Bonchev–Trinajstić information content (AvgIpc) is 2.46. The summed E-state index contributed by atoms with van der Waals surface area (Å²) in [6.07, 6.45) is 0. The summed E-state index contributed by atoms with van der Waals surface area (Å²) in [5.41, 5.74) is 8.19. The summed E-state index contributed by atoms with van der Waals surface area (Å²) >= 11 is 0. The van der Waals surface area contributed by atoms with Crippen molar-refractivity contribution >= 4 is 21.4 Å². The van der Waals surface area contributed by atoms with Gasteiger partial charge in [-0.3, -0.25) is 0 Å². The Morgan fingerprint density at radius 3 is 2.33 bits per heavy atom. The molecule has 0 aliphatic heterocycles. The average molecular weight is 305 g/mol. The summed E-state index contributed by atoms with van der Waals surface area (Å²) in [5.74, 6) is 0. The van der Waals surface area contributed by atoms with E-state index in [-0.39, 0.29) is 4.90 Å². The molecule has 0 saturated heterocycles. The molecule has 0 radical (unpaired) electrons. The fourth-order valence-electron chi connectivity index (χ4n) is 1.87. The maximum Gasteiger partial charge on any atom is 0.242 e. The molecule has 0 amide bonds. The van der Waals surface area contributed by atoms with Crippen LogP contribution in [0.3, 0.4) is 0 Å². The molecular weight excluding hydrogens is 286 g/mol. The van der Waals surface area contributed by atoms with Gasteiger partial charge in [-0.05, 0) is 23.8 Å². The Kier molecular flexibility index (Phi) is 4.50. The molecule has 0 aliphatic rings. The highest BCUT2D eigenvalue weighted by Crippen LogP contribution is 2.24. The Bertz CT molecular complexity index is 713. The molecule has 6 heteroatoms. The van der Waals surface area contributed by atoms with Crippen LogP contribution in [0.1, 0.15) is 5.56 Å². The first-order valence-corrected chi connectivity index (χ1v) is 7.95. The number of anilines is 2. The minimum absolute atomic E-state index is 0.190. The van der Waals surface area contributed by atoms with Crippen LogP contribution in [0.5, 0.6) is 0 Å². The van der Waals surface area contributed by atoms with Gasteiger partial charge in [-0.2, -0.15) is 0 Å². The van der Waals surface area contributed by atoms with Crippen LogP contribution in [-0.2, 0) is 16.6 Å². The van der Waals surface area contributed by atoms with Gasteiger partial charge < -0.3 is 11.1 Å². The molecule has 0 bridgehead atoms. The molecule has 112 valence electrons. The molecule has 3 N–H and O–H groups in total. The zero-order chi connectivity index (χ0) is 15.5. The molecule has 0 heterocycles. The summed E-state index contributed by atoms with van der Waals surface area (Å²) in [7, 11) is -0.471. The predicted molar refractivity (Wildman–Crippen MR) is 85.5 cm³/mol. The van der Waals surface area contributed by atoms with E-state index in [1.54, 1.807) is 12.1 Å². The Morgan fingerprint density at radius 2 is 1.76 bits per heavy atom. The second-order valence-electron chi connectivity index (χ2n) is 4.88. The molecule has 0 aromatic heterocycles. The molecule has 21 heavy (non-hydrogen) atoms. The Labute approximate surface area is 125 Å². The molecule has 5 nitrogen and oxygen atoms in total. The van der Waals surface area contributed by atoms with Crippen LogP contribution in [0.25, 0.3) is 0 Å². The fourth-order valence-corrected chi connectivity index (χ4v) is 2.80. The van der Waals surface area contributed by atoms with Crippen molar-refractivity contribution in [3.05, 3.63) is 54.1 Å². The number of hydrogen-bond donors (Lipinski definition) is 2. The van der Waals surface area contributed by atoms with Crippen LogP contribution in [0.2, 0.25) is 0 Å². The van der Waals surface area contributed by atoms with Crippen LogP contribution in [0, 0.1) is 0 Å². The summed E-state index contributed by atoms with van der Waals surface area (Å²) in [6.45, 7) is 0.630. The quantitative estimate of drug-likeness (QED) is 0.830. The third kappa shape index (κ3) is 3.53. The normalized spacial score (nSPS) is 11.6. The third-order valence-electron chi connectivity index (χ3n) is 3.13. The van der Waals surface area contributed by atoms with Gasteiger partial charge in [-0.1, -0.05) is 30.3 Å². The minimum atomic E-state index is -3.46. The van der Waals surface area contributed by atoms with Crippen molar-refractivity contribution in [1.82, 2.24) is 4.31 Å². The van der Waals surface area contributed by atoms with E-state index < -0.39 is 10.0 Å². The molecule has 2 aromatic carbocycles. The lowest BCUT2D eigenvalue weighted by atomic mass is 10.2. The number of nitrogens with two attached hydrogens (primary N) is 1. The van der Waals surface area contributed by atoms with Gasteiger partial charge in [0.25, 0.3) is 0 Å². The van der Waals surface area contributed by atoms with Gasteiger partial charge >= 0.3 is 0 Å². The minimum Gasteiger partial charge on any atom is -0.397 e. The van der Waals surface area contributed by atoms with Gasteiger partial charge in [0.2, 0.25) is 10.0 Å². The van der Waals surface area contributed by atoms with Crippen molar-refractivity contribution in [1.29, 1.82) is 0 Å². The molecule has 0 spiro atoms. The molecule has 0 atom stereocenters. The van der Waals surface area contributed by atoms with E-state index in [1.165, 1.54) is 24.5 Å². The zero-order valence-electron chi connectivity index (χ0n) is 12.1. The van der Waals surface area contributed by atoms with Crippen molar-refractivity contribution in [2.24, 2.45) is 0 Å². The third-order valence-corrected chi connectivity index (χ3v) is 4.94. The van der Waals surface area contributed by atoms with E-state index in [4.69, 9.17) is 5.73 Å². The van der Waals surface area contributed by atoms with Crippen molar-refractivity contribution in [3.8, 4) is 0 Å². The van der Waals surface area contributed by atoms with E-state index in [9.17, 15) is 8.42 Å². The topological polar surface area (TPSA) is 75.4 Å². The predicted octanol–water partition coefficient (Wildman–Crippen LogP) is 2.13. The molecule has 0 aliphatic carbocycles. The largest absolute Gasteiger partial charge is 0.397 e. The van der Waals surface area contributed by atoms with E-state index in [0.29, 0.717) is 12.2 Å². The summed E-state index contributed by atoms with van der Waals surface area (Å²) in [4.78, 5) is 0.190. The summed E-state index contributed by atoms with van der Waals surface area (Å²) in [6, 6.07) is 14.6. The standard InChI is InChI=1S/C15H19N3O2S/c1-18(2)21(19,20)13-8-9-15(14(16)10-13)17-11-12-6-4-3-5-7-12/h3-10,17H,11,16H2,1-2H3. The van der Waals surface area contributed by atoms with Crippen molar-refractivity contribution in [2.45, 2.75) is 11.4 Å². The Morgan fingerprint density at radius 1 is 1.10 bits per heavy atom. The first-order chi connectivity index (χ1) is 9.91. The first kappa shape index (κ1) is 15.3. The van der Waals surface area contributed by atoms with Crippen LogP contribution in [0.4, 0.5) is 11.4 Å². The highest BCUT2D eigenvalue weighted by molar-refractivity contribution is 7.89. The van der Waals surface area contributed by atoms with Gasteiger partial charge in [0.05, 0.1) is 16.3 Å². The van der Waals surface area contributed by atoms with Crippen molar-refractivity contribution in [2.75, 3.05) is 25.1 Å². The maximum atomic E-state index is 12.0. The Balaban J connectivity index is 2.17. The maximum absolute atomic E-state index is 12.0. The van der Waals surface area contributed by atoms with Crippen LogP contribution in [0.15, 0.2) is 53.4 Å². The van der Waals surface area contributed by atoms with Crippen LogP contribution < -0.4 is 11.1 Å². The lowest BCUT2D eigenvalue weighted by molar-refractivity contribution is 0.521. The van der Waals surface area contributed by atoms with Gasteiger partial charge in [0.15, 0.2) is 0 Å². The van der Waals surface area contributed by atoms with Gasteiger partial charge in [-0.15, -0.1) is 0 Å². The van der Waals surface area contributed by atoms with Gasteiger partial charge in [0, 0.05) is 20.6 Å². The van der Waals surface area contributed by atoms with E-state index in [2.05, 4.69) is 5.32 Å². The number of nitrogens with one attached hydrogen (secondary N) is 1. The molecule has 0 fully saturated rings. The van der Waals surface area contributed by atoms with E-state index >= 15 is 0 Å². The smallest absolute Gasteiger partial charge is 0.242 e. The summed E-state index contributed by atoms with van der Waals surface area (Å²) < 4.78 is 25.2. The van der Waals surface area contributed by atoms with Crippen LogP contribution in [-0.4, -0.2) is 26.8 Å². The number of nitrogens with zero attached hydrogens (tertiary/aromatic N) is 1. The van der Waals surface area contributed by atoms with Gasteiger partial charge in [-0.25, -0.2) is 12.7 Å².